The first-order valence-electron chi connectivity index (χ1n) is 7.93. The highest BCUT2D eigenvalue weighted by Crippen LogP contribution is 2.16. The Bertz CT molecular complexity index is 269. The molecule has 0 aliphatic rings. The highest BCUT2D eigenvalue weighted by Gasteiger charge is 2.23. The first kappa shape index (κ1) is 19.9. The minimum atomic E-state index is -0.833. The summed E-state index contributed by atoms with van der Waals surface area (Å²) in [5.41, 5.74) is -0.833. The second-order valence-electron chi connectivity index (χ2n) is 5.74. The van der Waals surface area contributed by atoms with Crippen LogP contribution in [0.5, 0.6) is 0 Å². The Kier molecular flexibility index (Phi) is 11.0. The van der Waals surface area contributed by atoms with Crippen LogP contribution in [0.4, 0.5) is 0 Å². The molecule has 0 amide bonds. The number of ether oxygens (including phenoxy) is 2. The number of hydrogen-bond donors (Lipinski definition) is 0. The topological polar surface area (TPSA) is 52.6 Å². The van der Waals surface area contributed by atoms with Crippen LogP contribution in [0.25, 0.3) is 0 Å². The number of unbranched alkanes of at least 4 members (excludes halogenated alkanes) is 4. The molecule has 0 aromatic rings. The minimum absolute atomic E-state index is 0.0696. The zero-order valence-corrected chi connectivity index (χ0v) is 13.6. The zero-order valence-electron chi connectivity index (χ0n) is 13.6. The molecule has 0 bridgehead atoms. The van der Waals surface area contributed by atoms with E-state index >= 15 is 0 Å². The van der Waals surface area contributed by atoms with Crippen molar-refractivity contribution in [1.29, 1.82) is 0 Å². The quantitative estimate of drug-likeness (QED) is 0.405. The summed E-state index contributed by atoms with van der Waals surface area (Å²) < 4.78 is 10.3. The van der Waals surface area contributed by atoms with Crippen molar-refractivity contribution in [2.75, 3.05) is 13.2 Å². The molecule has 0 saturated carbocycles. The second kappa shape index (κ2) is 11.6. The van der Waals surface area contributed by atoms with Gasteiger partial charge in [0.05, 0.1) is 0 Å². The SMILES string of the molecule is [CH2]C([CH2])(COC(=O)CCCCC)COC(=O)CCCCC. The number of esters is 2. The Balaban J connectivity index is 3.81. The summed E-state index contributed by atoms with van der Waals surface area (Å²) in [6.45, 7) is 12.0. The van der Waals surface area contributed by atoms with E-state index in [1.54, 1.807) is 0 Å². The van der Waals surface area contributed by atoms with E-state index < -0.39 is 5.41 Å². The molecule has 0 atom stereocenters. The Labute approximate surface area is 129 Å². The molecule has 0 aromatic heterocycles. The smallest absolute Gasteiger partial charge is 0.305 e. The minimum Gasteiger partial charge on any atom is -0.465 e. The van der Waals surface area contributed by atoms with E-state index in [1.807, 2.05) is 0 Å². The third-order valence-corrected chi connectivity index (χ3v) is 3.05. The Hall–Kier alpha value is -1.06. The maximum absolute atomic E-state index is 11.5. The van der Waals surface area contributed by atoms with Crippen molar-refractivity contribution in [3.05, 3.63) is 13.8 Å². The van der Waals surface area contributed by atoms with Crippen molar-refractivity contribution in [1.82, 2.24) is 0 Å². The van der Waals surface area contributed by atoms with Gasteiger partial charge in [-0.1, -0.05) is 39.5 Å². The Morgan fingerprint density at radius 2 is 1.19 bits per heavy atom. The van der Waals surface area contributed by atoms with Crippen molar-refractivity contribution < 1.29 is 19.1 Å². The summed E-state index contributed by atoms with van der Waals surface area (Å²) in [5, 5.41) is 0. The third-order valence-electron chi connectivity index (χ3n) is 3.05. The third kappa shape index (κ3) is 12.4. The molecule has 0 rings (SSSR count). The number of carbonyl (C=O) groups is 2. The summed E-state index contributed by atoms with van der Waals surface area (Å²) in [5.74, 6) is -0.483. The monoisotopic (exact) mass is 298 g/mol. The summed E-state index contributed by atoms with van der Waals surface area (Å²) in [7, 11) is 0. The first-order valence-corrected chi connectivity index (χ1v) is 7.93. The van der Waals surface area contributed by atoms with E-state index in [0.29, 0.717) is 12.8 Å². The molecule has 4 heteroatoms. The molecule has 0 unspecified atom stereocenters. The van der Waals surface area contributed by atoms with Crippen LogP contribution in [0.2, 0.25) is 0 Å². The lowest BCUT2D eigenvalue weighted by Gasteiger charge is -2.23. The molecule has 21 heavy (non-hydrogen) atoms. The molecule has 2 radical (unpaired) electrons. The fraction of sp³-hybridized carbons (Fsp3) is 0.765. The van der Waals surface area contributed by atoms with Crippen LogP contribution >= 0.6 is 0 Å². The number of rotatable bonds is 12. The van der Waals surface area contributed by atoms with E-state index in [-0.39, 0.29) is 25.2 Å². The Morgan fingerprint density at radius 1 is 0.810 bits per heavy atom. The van der Waals surface area contributed by atoms with Crippen LogP contribution in [0.3, 0.4) is 0 Å². The molecule has 0 N–H and O–H groups in total. The maximum Gasteiger partial charge on any atom is 0.305 e. The van der Waals surface area contributed by atoms with Crippen LogP contribution in [0.1, 0.15) is 65.2 Å². The van der Waals surface area contributed by atoms with Crippen molar-refractivity contribution >= 4 is 11.9 Å². The standard InChI is InChI=1S/C17H30O4/c1-5-7-9-11-15(18)20-13-17(3,4)14-21-16(19)12-10-8-6-2/h3-14H2,1-2H3. The van der Waals surface area contributed by atoms with Crippen LogP contribution < -0.4 is 0 Å². The summed E-state index contributed by atoms with van der Waals surface area (Å²) in [6.07, 6.45) is 6.67. The van der Waals surface area contributed by atoms with Gasteiger partial charge in [0, 0.05) is 18.3 Å². The lowest BCUT2D eigenvalue weighted by molar-refractivity contribution is -0.150. The van der Waals surface area contributed by atoms with Gasteiger partial charge in [0.15, 0.2) is 0 Å². The van der Waals surface area contributed by atoms with Crippen LogP contribution in [0.15, 0.2) is 0 Å². The van der Waals surface area contributed by atoms with Gasteiger partial charge in [-0.2, -0.15) is 0 Å². The van der Waals surface area contributed by atoms with E-state index in [1.165, 1.54) is 0 Å². The number of carbonyl (C=O) groups excluding carboxylic acids is 2. The van der Waals surface area contributed by atoms with Crippen LogP contribution in [-0.4, -0.2) is 25.2 Å². The van der Waals surface area contributed by atoms with Gasteiger partial charge in [-0.15, -0.1) is 0 Å². The molecule has 122 valence electrons. The van der Waals surface area contributed by atoms with Gasteiger partial charge in [-0.05, 0) is 26.7 Å². The molecule has 0 spiro atoms. The van der Waals surface area contributed by atoms with Gasteiger partial charge >= 0.3 is 11.9 Å². The van der Waals surface area contributed by atoms with Gasteiger partial charge in [-0.3, -0.25) is 9.59 Å². The molecule has 0 aliphatic carbocycles. The van der Waals surface area contributed by atoms with Gasteiger partial charge in [0.25, 0.3) is 0 Å². The fourth-order valence-corrected chi connectivity index (χ4v) is 1.69. The molecule has 0 aromatic carbocycles. The first-order chi connectivity index (χ1) is 9.91. The molecular formula is C17H30O4. The highest BCUT2D eigenvalue weighted by molar-refractivity contribution is 5.69. The molecule has 0 aliphatic heterocycles. The predicted octanol–water partition coefficient (Wildman–Crippen LogP) is 3.89. The lowest BCUT2D eigenvalue weighted by Crippen LogP contribution is -2.29. The van der Waals surface area contributed by atoms with Crippen molar-refractivity contribution in [3.63, 3.8) is 0 Å². The molecule has 0 fully saturated rings. The molecule has 0 saturated heterocycles. The second-order valence-corrected chi connectivity index (χ2v) is 5.74. The summed E-state index contributed by atoms with van der Waals surface area (Å²) in [6, 6.07) is 0. The highest BCUT2D eigenvalue weighted by atomic mass is 16.5. The zero-order chi connectivity index (χ0) is 16.1. The fourth-order valence-electron chi connectivity index (χ4n) is 1.69. The van der Waals surface area contributed by atoms with Gasteiger partial charge in [0.1, 0.15) is 13.2 Å². The number of hydrogen-bond acceptors (Lipinski definition) is 4. The van der Waals surface area contributed by atoms with E-state index in [2.05, 4.69) is 27.7 Å². The van der Waals surface area contributed by atoms with Gasteiger partial charge in [-0.25, -0.2) is 0 Å². The Morgan fingerprint density at radius 3 is 1.52 bits per heavy atom. The van der Waals surface area contributed by atoms with E-state index in [9.17, 15) is 9.59 Å². The average molecular weight is 298 g/mol. The average Bonchev–Trinajstić information content (AvgIpc) is 2.44. The van der Waals surface area contributed by atoms with Crippen LogP contribution in [-0.2, 0) is 19.1 Å². The van der Waals surface area contributed by atoms with Crippen LogP contribution in [0, 0.1) is 19.3 Å². The molecule has 4 nitrogen and oxygen atoms in total. The molecule has 0 heterocycles. The molecular weight excluding hydrogens is 268 g/mol. The normalized spacial score (nSPS) is 11.2. The van der Waals surface area contributed by atoms with Crippen molar-refractivity contribution in [2.45, 2.75) is 65.2 Å². The maximum atomic E-state index is 11.5. The summed E-state index contributed by atoms with van der Waals surface area (Å²) >= 11 is 0. The van der Waals surface area contributed by atoms with E-state index in [4.69, 9.17) is 9.47 Å². The van der Waals surface area contributed by atoms with E-state index in [0.717, 1.165) is 38.5 Å². The van der Waals surface area contributed by atoms with Gasteiger partial charge < -0.3 is 9.47 Å². The van der Waals surface area contributed by atoms with Gasteiger partial charge in [0.2, 0.25) is 0 Å². The van der Waals surface area contributed by atoms with Crippen molar-refractivity contribution in [3.8, 4) is 0 Å². The van der Waals surface area contributed by atoms with Crippen molar-refractivity contribution in [2.24, 2.45) is 5.41 Å². The lowest BCUT2D eigenvalue weighted by atomic mass is 9.96. The summed E-state index contributed by atoms with van der Waals surface area (Å²) in [4.78, 5) is 23.0. The largest absolute Gasteiger partial charge is 0.465 e. The predicted molar refractivity (Wildman–Crippen MR) is 83.3 cm³/mol.